The highest BCUT2D eigenvalue weighted by Crippen LogP contribution is 2.44. The van der Waals surface area contributed by atoms with E-state index in [0.717, 1.165) is 72.4 Å². The van der Waals surface area contributed by atoms with Crippen LogP contribution in [0.15, 0.2) is 285 Å². The molecule has 376 valence electrons. The maximum absolute atomic E-state index is 7.45. The second kappa shape index (κ2) is 17.9. The van der Waals surface area contributed by atoms with Crippen molar-refractivity contribution < 1.29 is 9.47 Å². The molecule has 0 N–H and O–H groups in total. The summed E-state index contributed by atoms with van der Waals surface area (Å²) in [5, 5.41) is 17.2. The van der Waals surface area contributed by atoms with Crippen LogP contribution >= 0.6 is 0 Å². The maximum atomic E-state index is 7.45. The summed E-state index contributed by atoms with van der Waals surface area (Å²) in [6.07, 6.45) is 0. The number of aromatic nitrogens is 2. The van der Waals surface area contributed by atoms with E-state index in [1.165, 1.54) is 75.0 Å². The summed E-state index contributed by atoms with van der Waals surface area (Å²) >= 11 is 0. The molecule has 0 saturated heterocycles. The standard InChI is InChI=1S/C75H47BN2O2Si/c1-4-24-54(25-5-1)81(55-26-6-2-7-27-55,56-28-8-3-9-29-56)57-38-39-65-69(46-57)79-70-47-71(77-75-74(70)76(65)64-34-18-19-35-68(64)80-75)78-66-40-36-52(72-58-30-14-10-20-48(58)42-49-21-11-15-31-59(49)72)44-62(66)63-45-53(37-41-67(63)78)73-60-32-16-12-22-50(60)43-51-23-13-17-33-61(51)73/h1-47H. The molecular weight excluding hydrogens is 1000 g/mol. The quantitative estimate of drug-likeness (QED) is 0.0907. The fourth-order valence-corrected chi connectivity index (χ4v) is 18.7. The Bertz CT molecular complexity index is 4700. The van der Waals surface area contributed by atoms with Crippen molar-refractivity contribution in [3.63, 3.8) is 0 Å². The second-order valence-corrected chi connectivity index (χ2v) is 25.5. The fraction of sp³-hybridized carbons (Fsp3) is 0. The highest BCUT2D eigenvalue weighted by molar-refractivity contribution is 7.20. The Morgan fingerprint density at radius 1 is 0.321 bits per heavy atom. The second-order valence-electron chi connectivity index (χ2n) is 21.7. The van der Waals surface area contributed by atoms with Gasteiger partial charge in [-0.15, -0.1) is 0 Å². The number of hydrogen-bond acceptors (Lipinski definition) is 3. The van der Waals surface area contributed by atoms with Gasteiger partial charge in [0.05, 0.1) is 11.0 Å². The molecule has 0 amide bonds. The van der Waals surface area contributed by atoms with Gasteiger partial charge in [0.15, 0.2) is 8.07 Å². The Morgan fingerprint density at radius 2 is 0.765 bits per heavy atom. The van der Waals surface area contributed by atoms with Crippen LogP contribution < -0.4 is 46.6 Å². The Labute approximate surface area is 469 Å². The van der Waals surface area contributed by atoms with Crippen molar-refractivity contribution in [2.75, 3.05) is 0 Å². The first-order chi connectivity index (χ1) is 40.2. The first-order valence-electron chi connectivity index (χ1n) is 27.9. The molecule has 0 unspecified atom stereocenters. The minimum Gasteiger partial charge on any atom is -0.458 e. The first kappa shape index (κ1) is 45.7. The number of fused-ring (bicyclic) bond motifs is 11. The van der Waals surface area contributed by atoms with E-state index in [0.29, 0.717) is 5.88 Å². The van der Waals surface area contributed by atoms with E-state index in [1.54, 1.807) is 0 Å². The molecule has 0 saturated carbocycles. The summed E-state index contributed by atoms with van der Waals surface area (Å²) in [5.74, 6) is 3.64. The normalized spacial score (nSPS) is 12.6. The lowest BCUT2D eigenvalue weighted by Gasteiger charge is -2.36. The third-order valence-corrected chi connectivity index (χ3v) is 22.2. The van der Waals surface area contributed by atoms with Crippen LogP contribution in [0.4, 0.5) is 0 Å². The summed E-state index contributed by atoms with van der Waals surface area (Å²) < 4.78 is 16.7. The van der Waals surface area contributed by atoms with Gasteiger partial charge in [-0.25, -0.2) is 0 Å². The minimum absolute atomic E-state index is 0.171. The van der Waals surface area contributed by atoms with Crippen molar-refractivity contribution in [2.24, 2.45) is 0 Å². The van der Waals surface area contributed by atoms with Crippen LogP contribution in [-0.4, -0.2) is 24.3 Å². The van der Waals surface area contributed by atoms with Crippen molar-refractivity contribution in [3.05, 3.63) is 285 Å². The van der Waals surface area contributed by atoms with Crippen molar-refractivity contribution in [3.8, 4) is 51.2 Å². The van der Waals surface area contributed by atoms with Crippen LogP contribution in [0.25, 0.3) is 93.0 Å². The predicted molar refractivity (Wildman–Crippen MR) is 341 cm³/mol. The zero-order valence-electron chi connectivity index (χ0n) is 43.9. The molecular formula is C75H47BN2O2Si. The Kier molecular flexibility index (Phi) is 10.1. The number of hydrogen-bond donors (Lipinski definition) is 0. The van der Waals surface area contributed by atoms with Gasteiger partial charge in [0.25, 0.3) is 6.71 Å². The lowest BCUT2D eigenvalue weighted by Crippen LogP contribution is -2.75. The smallest absolute Gasteiger partial charge is 0.262 e. The van der Waals surface area contributed by atoms with Gasteiger partial charge in [-0.3, -0.25) is 4.57 Å². The zero-order chi connectivity index (χ0) is 53.2. The van der Waals surface area contributed by atoms with Crippen LogP contribution in [-0.2, 0) is 0 Å². The monoisotopic (exact) mass is 1050 g/mol. The van der Waals surface area contributed by atoms with Gasteiger partial charge in [0.2, 0.25) is 5.88 Å². The van der Waals surface area contributed by atoms with Crippen molar-refractivity contribution in [1.29, 1.82) is 0 Å². The third kappa shape index (κ3) is 6.87. The Balaban J connectivity index is 0.914. The lowest BCUT2D eigenvalue weighted by atomic mass is 9.35. The Hall–Kier alpha value is -10.3. The third-order valence-electron chi connectivity index (χ3n) is 17.4. The summed E-state index contributed by atoms with van der Waals surface area (Å²) in [6, 6.07) is 105. The van der Waals surface area contributed by atoms with E-state index < -0.39 is 8.07 Å². The first-order valence-corrected chi connectivity index (χ1v) is 29.9. The number of rotatable bonds is 7. The summed E-state index contributed by atoms with van der Waals surface area (Å²) in [6.45, 7) is -0.171. The number of nitrogens with zero attached hydrogens (tertiary/aromatic N) is 2. The highest BCUT2D eigenvalue weighted by Gasteiger charge is 2.45. The number of pyridine rings is 1. The molecule has 17 rings (SSSR count). The van der Waals surface area contributed by atoms with E-state index in [-0.39, 0.29) is 6.71 Å². The summed E-state index contributed by atoms with van der Waals surface area (Å²) in [7, 11) is -2.91. The molecule has 6 heteroatoms. The van der Waals surface area contributed by atoms with Gasteiger partial charge in [0, 0.05) is 22.3 Å². The van der Waals surface area contributed by atoms with Crippen LogP contribution in [0, 0.1) is 0 Å². The molecule has 4 heterocycles. The molecule has 4 nitrogen and oxygen atoms in total. The number of benzene rings is 13. The van der Waals surface area contributed by atoms with E-state index >= 15 is 0 Å². The average Bonchev–Trinajstić information content (AvgIpc) is 4.12. The van der Waals surface area contributed by atoms with Crippen LogP contribution in [0.1, 0.15) is 0 Å². The highest BCUT2D eigenvalue weighted by atomic mass is 28.3. The molecule has 0 radical (unpaired) electrons. The van der Waals surface area contributed by atoms with Gasteiger partial charge in [-0.05, 0) is 146 Å². The van der Waals surface area contributed by atoms with Crippen molar-refractivity contribution >= 4 is 117 Å². The van der Waals surface area contributed by atoms with Gasteiger partial charge in [0.1, 0.15) is 23.1 Å². The molecule has 15 aromatic rings. The molecule has 2 aromatic heterocycles. The lowest BCUT2D eigenvalue weighted by molar-refractivity contribution is 0.450. The molecule has 2 aliphatic rings. The predicted octanol–water partition coefficient (Wildman–Crippen LogP) is 14.2. The summed E-state index contributed by atoms with van der Waals surface area (Å²) in [5.41, 5.74) is 9.95. The molecule has 0 aliphatic carbocycles. The fourth-order valence-electron chi connectivity index (χ4n) is 13.9. The van der Waals surface area contributed by atoms with E-state index in [1.807, 2.05) is 0 Å². The van der Waals surface area contributed by atoms with Crippen molar-refractivity contribution in [1.82, 2.24) is 9.55 Å². The van der Waals surface area contributed by atoms with E-state index in [9.17, 15) is 0 Å². The summed E-state index contributed by atoms with van der Waals surface area (Å²) in [4.78, 5) is 5.59. The van der Waals surface area contributed by atoms with Crippen LogP contribution in [0.5, 0.6) is 23.1 Å². The van der Waals surface area contributed by atoms with Gasteiger partial charge >= 0.3 is 0 Å². The van der Waals surface area contributed by atoms with Crippen LogP contribution in [0.3, 0.4) is 0 Å². The average molecular weight is 1050 g/mol. The number of para-hydroxylation sites is 1. The molecule has 13 aromatic carbocycles. The van der Waals surface area contributed by atoms with E-state index in [2.05, 4.69) is 290 Å². The molecule has 0 spiro atoms. The molecule has 0 fully saturated rings. The Morgan fingerprint density at radius 3 is 1.27 bits per heavy atom. The largest absolute Gasteiger partial charge is 0.458 e. The van der Waals surface area contributed by atoms with Crippen LogP contribution in [0.2, 0.25) is 0 Å². The van der Waals surface area contributed by atoms with Gasteiger partial charge in [-0.2, -0.15) is 4.98 Å². The zero-order valence-corrected chi connectivity index (χ0v) is 44.9. The van der Waals surface area contributed by atoms with Gasteiger partial charge in [-0.1, -0.05) is 231 Å². The maximum Gasteiger partial charge on any atom is 0.262 e. The van der Waals surface area contributed by atoms with Gasteiger partial charge < -0.3 is 9.47 Å². The van der Waals surface area contributed by atoms with E-state index in [4.69, 9.17) is 14.5 Å². The number of ether oxygens (including phenoxy) is 2. The molecule has 81 heavy (non-hydrogen) atoms. The SMILES string of the molecule is c1ccc([Si](c2ccccc2)(c2ccccc2)c2ccc3c(c2)Oc2cc(-n4c5ccc(-c6c7ccccc7cc7ccccc67)cc5c5cc(-c6c7ccccc7cc7ccccc67)ccc54)nc4c2B3c2ccccc2O4)cc1. The topological polar surface area (TPSA) is 36.3 Å². The van der Waals surface area contributed by atoms with Crippen molar-refractivity contribution in [2.45, 2.75) is 0 Å². The molecule has 2 aliphatic heterocycles. The molecule has 0 atom stereocenters. The molecule has 0 bridgehead atoms. The minimum atomic E-state index is -2.91.